The molecular formula is C12H14ClN3O. The standard InChI is InChI=1S/C12H14ClN3O/c1-3-12(2,15)11(17)16-9-4-5-10(13)8(6-9)7-14/h4-6H,3,15H2,1-2H3,(H,16,17). The maximum Gasteiger partial charge on any atom is 0.244 e. The maximum absolute atomic E-state index is 11.8. The van der Waals surface area contributed by atoms with Crippen LogP contribution in [-0.4, -0.2) is 11.4 Å². The number of hydrogen-bond donors (Lipinski definition) is 2. The molecule has 1 aromatic carbocycles. The second-order valence-corrected chi connectivity index (χ2v) is 4.44. The van der Waals surface area contributed by atoms with E-state index in [4.69, 9.17) is 22.6 Å². The minimum atomic E-state index is -0.924. The highest BCUT2D eigenvalue weighted by molar-refractivity contribution is 6.31. The molecule has 0 spiro atoms. The Hall–Kier alpha value is -1.57. The predicted molar refractivity (Wildman–Crippen MR) is 67.7 cm³/mol. The monoisotopic (exact) mass is 251 g/mol. The van der Waals surface area contributed by atoms with Gasteiger partial charge in [-0.3, -0.25) is 4.79 Å². The molecule has 1 rings (SSSR count). The van der Waals surface area contributed by atoms with Gasteiger partial charge in [0.15, 0.2) is 0 Å². The largest absolute Gasteiger partial charge is 0.324 e. The minimum absolute atomic E-state index is 0.286. The summed E-state index contributed by atoms with van der Waals surface area (Å²) in [7, 11) is 0. The summed E-state index contributed by atoms with van der Waals surface area (Å²) in [5.74, 6) is -0.286. The van der Waals surface area contributed by atoms with Gasteiger partial charge < -0.3 is 11.1 Å². The molecule has 1 aromatic rings. The molecule has 0 radical (unpaired) electrons. The first-order valence-electron chi connectivity index (χ1n) is 5.20. The van der Waals surface area contributed by atoms with Crippen LogP contribution in [0.1, 0.15) is 25.8 Å². The SMILES string of the molecule is CCC(C)(N)C(=O)Nc1ccc(Cl)c(C#N)c1. The number of carbonyl (C=O) groups excluding carboxylic acids is 1. The molecule has 1 atom stereocenters. The Balaban J connectivity index is 2.91. The average molecular weight is 252 g/mol. The van der Waals surface area contributed by atoms with Gasteiger partial charge in [-0.25, -0.2) is 0 Å². The van der Waals surface area contributed by atoms with Crippen LogP contribution in [0.3, 0.4) is 0 Å². The molecule has 0 heterocycles. The first-order valence-corrected chi connectivity index (χ1v) is 5.58. The Morgan fingerprint density at radius 1 is 1.65 bits per heavy atom. The van der Waals surface area contributed by atoms with Crippen LogP contribution in [0.15, 0.2) is 18.2 Å². The highest BCUT2D eigenvalue weighted by Crippen LogP contribution is 2.20. The van der Waals surface area contributed by atoms with E-state index in [1.54, 1.807) is 19.1 Å². The topological polar surface area (TPSA) is 78.9 Å². The van der Waals surface area contributed by atoms with Crippen molar-refractivity contribution < 1.29 is 4.79 Å². The zero-order valence-corrected chi connectivity index (χ0v) is 10.5. The normalized spacial score (nSPS) is 13.6. The zero-order valence-electron chi connectivity index (χ0n) is 9.75. The second kappa shape index (κ2) is 5.17. The Morgan fingerprint density at radius 2 is 2.29 bits per heavy atom. The predicted octanol–water partition coefficient (Wildman–Crippen LogP) is 2.28. The van der Waals surface area contributed by atoms with Gasteiger partial charge in [0.2, 0.25) is 5.91 Å². The highest BCUT2D eigenvalue weighted by Gasteiger charge is 2.25. The summed E-state index contributed by atoms with van der Waals surface area (Å²) in [6, 6.07) is 6.66. The third-order valence-corrected chi connectivity index (χ3v) is 2.93. The van der Waals surface area contributed by atoms with E-state index in [9.17, 15) is 4.79 Å². The van der Waals surface area contributed by atoms with E-state index in [0.29, 0.717) is 22.7 Å². The van der Waals surface area contributed by atoms with Crippen molar-refractivity contribution in [1.29, 1.82) is 5.26 Å². The molecule has 1 amide bonds. The molecule has 0 saturated heterocycles. The number of benzene rings is 1. The van der Waals surface area contributed by atoms with Crippen molar-refractivity contribution in [3.05, 3.63) is 28.8 Å². The van der Waals surface area contributed by atoms with Crippen molar-refractivity contribution in [2.45, 2.75) is 25.8 Å². The number of halogens is 1. The number of nitrogens with two attached hydrogens (primary N) is 1. The van der Waals surface area contributed by atoms with E-state index in [2.05, 4.69) is 5.32 Å². The van der Waals surface area contributed by atoms with Gasteiger partial charge in [-0.15, -0.1) is 0 Å². The van der Waals surface area contributed by atoms with Crippen LogP contribution < -0.4 is 11.1 Å². The molecule has 0 saturated carbocycles. The van der Waals surface area contributed by atoms with Crippen molar-refractivity contribution in [3.8, 4) is 6.07 Å². The lowest BCUT2D eigenvalue weighted by molar-refractivity contribution is -0.120. The summed E-state index contributed by atoms with van der Waals surface area (Å²) < 4.78 is 0. The summed E-state index contributed by atoms with van der Waals surface area (Å²) >= 11 is 5.79. The number of nitrogens with zero attached hydrogens (tertiary/aromatic N) is 1. The van der Waals surface area contributed by atoms with Gasteiger partial charge in [0, 0.05) is 5.69 Å². The molecular weight excluding hydrogens is 238 g/mol. The second-order valence-electron chi connectivity index (χ2n) is 4.03. The van der Waals surface area contributed by atoms with Crippen LogP contribution in [0.4, 0.5) is 5.69 Å². The van der Waals surface area contributed by atoms with Gasteiger partial charge >= 0.3 is 0 Å². The van der Waals surface area contributed by atoms with Gasteiger partial charge in [0.1, 0.15) is 6.07 Å². The van der Waals surface area contributed by atoms with E-state index < -0.39 is 5.54 Å². The van der Waals surface area contributed by atoms with E-state index >= 15 is 0 Å². The van der Waals surface area contributed by atoms with Crippen LogP contribution in [0.25, 0.3) is 0 Å². The Bertz CT molecular complexity index is 477. The van der Waals surface area contributed by atoms with Gasteiger partial charge in [-0.05, 0) is 31.5 Å². The molecule has 5 heteroatoms. The van der Waals surface area contributed by atoms with Gasteiger partial charge in [0.05, 0.1) is 16.1 Å². The van der Waals surface area contributed by atoms with Crippen molar-refractivity contribution >= 4 is 23.2 Å². The fraction of sp³-hybridized carbons (Fsp3) is 0.333. The molecule has 0 aliphatic rings. The van der Waals surface area contributed by atoms with Gasteiger partial charge in [-0.1, -0.05) is 18.5 Å². The summed E-state index contributed by atoms with van der Waals surface area (Å²) in [5, 5.41) is 11.8. The Kier molecular flexibility index (Phi) is 4.11. The van der Waals surface area contributed by atoms with Crippen molar-refractivity contribution in [2.24, 2.45) is 5.73 Å². The number of nitriles is 1. The lowest BCUT2D eigenvalue weighted by Gasteiger charge is -2.21. The van der Waals surface area contributed by atoms with Crippen LogP contribution in [-0.2, 0) is 4.79 Å². The van der Waals surface area contributed by atoms with Crippen molar-refractivity contribution in [1.82, 2.24) is 0 Å². The quantitative estimate of drug-likeness (QED) is 0.865. The zero-order chi connectivity index (χ0) is 13.1. The van der Waals surface area contributed by atoms with Crippen molar-refractivity contribution in [2.75, 3.05) is 5.32 Å². The summed E-state index contributed by atoms with van der Waals surface area (Å²) in [6.45, 7) is 3.49. The third-order valence-electron chi connectivity index (χ3n) is 2.60. The van der Waals surface area contributed by atoms with Gasteiger partial charge in [0.25, 0.3) is 0 Å². The first kappa shape index (κ1) is 13.5. The van der Waals surface area contributed by atoms with Crippen LogP contribution in [0.2, 0.25) is 5.02 Å². The summed E-state index contributed by atoms with van der Waals surface area (Å²) in [5.41, 5.74) is 5.71. The van der Waals surface area contributed by atoms with E-state index in [0.717, 1.165) is 0 Å². The number of anilines is 1. The molecule has 4 nitrogen and oxygen atoms in total. The summed E-state index contributed by atoms with van der Waals surface area (Å²) in [6.07, 6.45) is 0.525. The molecule has 0 bridgehead atoms. The first-order chi connectivity index (χ1) is 7.90. The molecule has 0 aliphatic heterocycles. The molecule has 17 heavy (non-hydrogen) atoms. The molecule has 0 aromatic heterocycles. The fourth-order valence-electron chi connectivity index (χ4n) is 1.12. The van der Waals surface area contributed by atoms with Crippen LogP contribution in [0.5, 0.6) is 0 Å². The van der Waals surface area contributed by atoms with E-state index in [1.807, 2.05) is 13.0 Å². The van der Waals surface area contributed by atoms with Crippen LogP contribution in [0, 0.1) is 11.3 Å². The summed E-state index contributed by atoms with van der Waals surface area (Å²) in [4.78, 5) is 11.8. The third kappa shape index (κ3) is 3.19. The molecule has 90 valence electrons. The lowest BCUT2D eigenvalue weighted by Crippen LogP contribution is -2.47. The Labute approximate surface area is 105 Å². The van der Waals surface area contributed by atoms with Crippen LogP contribution >= 0.6 is 11.6 Å². The molecule has 0 aliphatic carbocycles. The smallest absolute Gasteiger partial charge is 0.244 e. The Morgan fingerprint density at radius 3 is 2.82 bits per heavy atom. The molecule has 1 unspecified atom stereocenters. The maximum atomic E-state index is 11.8. The van der Waals surface area contributed by atoms with Crippen molar-refractivity contribution in [3.63, 3.8) is 0 Å². The fourth-order valence-corrected chi connectivity index (χ4v) is 1.28. The molecule has 0 fully saturated rings. The number of amides is 1. The molecule has 3 N–H and O–H groups in total. The van der Waals surface area contributed by atoms with E-state index in [-0.39, 0.29) is 5.91 Å². The average Bonchev–Trinajstić information content (AvgIpc) is 2.31. The highest BCUT2D eigenvalue weighted by atomic mass is 35.5. The minimum Gasteiger partial charge on any atom is -0.324 e. The van der Waals surface area contributed by atoms with E-state index in [1.165, 1.54) is 6.07 Å². The lowest BCUT2D eigenvalue weighted by atomic mass is 9.99. The number of carbonyl (C=O) groups is 1. The number of nitrogens with one attached hydrogen (secondary N) is 1. The number of rotatable bonds is 3. The number of hydrogen-bond acceptors (Lipinski definition) is 3. The van der Waals surface area contributed by atoms with Gasteiger partial charge in [-0.2, -0.15) is 5.26 Å².